The van der Waals surface area contributed by atoms with Crippen LogP contribution in [0.25, 0.3) is 0 Å². The van der Waals surface area contributed by atoms with Gasteiger partial charge in [-0.2, -0.15) is 0 Å². The summed E-state index contributed by atoms with van der Waals surface area (Å²) >= 11 is 0. The molecule has 8 heavy (non-hydrogen) atoms. The number of hydrogen-bond acceptors (Lipinski definition) is 2. The zero-order valence-corrected chi connectivity index (χ0v) is 10.3. The van der Waals surface area contributed by atoms with Crippen LogP contribution in [0.1, 0.15) is 13.3 Å². The molecule has 0 saturated heterocycles. The summed E-state index contributed by atoms with van der Waals surface area (Å²) in [5.41, 5.74) is 5.88. The van der Waals surface area contributed by atoms with Crippen molar-refractivity contribution in [1.29, 1.82) is 0 Å². The van der Waals surface area contributed by atoms with Crippen LogP contribution in [0.15, 0.2) is 0 Å². The van der Waals surface area contributed by atoms with Crippen LogP contribution >= 0.6 is 0 Å². The first-order valence-corrected chi connectivity index (χ1v) is 4.81. The van der Waals surface area contributed by atoms with E-state index in [0.717, 1.165) is 27.1 Å². The van der Waals surface area contributed by atoms with Gasteiger partial charge in [-0.3, -0.25) is 0 Å². The van der Waals surface area contributed by atoms with E-state index in [0.29, 0.717) is 5.67 Å². The zero-order chi connectivity index (χ0) is 6.99. The molecule has 2 N–H and O–H groups in total. The quantitative estimate of drug-likeness (QED) is 0.438. The van der Waals surface area contributed by atoms with Crippen LogP contribution < -0.4 is 5.73 Å². The first-order valence-electron chi connectivity index (χ1n) is 2.84. The van der Waals surface area contributed by atoms with Gasteiger partial charge in [0.05, 0.1) is 0 Å². The van der Waals surface area contributed by atoms with E-state index in [4.69, 9.17) is 5.73 Å². The van der Waals surface area contributed by atoms with E-state index in [-0.39, 0.29) is 0 Å². The van der Waals surface area contributed by atoms with E-state index in [1.165, 1.54) is 0 Å². The third kappa shape index (κ3) is 32.9. The molecular weight excluding hydrogens is 134 g/mol. The predicted octanol–water partition coefficient (Wildman–Crippen LogP) is -2.04. The Labute approximate surface area is 57.8 Å². The molecule has 0 aromatic carbocycles. The fourth-order valence-corrected chi connectivity index (χ4v) is 0. The van der Waals surface area contributed by atoms with Crippen LogP contribution in [-0.4, -0.2) is 33.5 Å². The maximum Gasteiger partial charge on any atom is 0.145 e. The molecule has 4 heteroatoms. The number of nitrogens with two attached hydrogens (primary N) is 1. The van der Waals surface area contributed by atoms with Crippen molar-refractivity contribution in [3.63, 3.8) is 0 Å². The van der Waals surface area contributed by atoms with Gasteiger partial charge in [0.15, 0.2) is 0 Å². The zero-order valence-electron chi connectivity index (χ0n) is 6.27. The lowest BCUT2D eigenvalue weighted by Crippen LogP contribution is -2.17. The van der Waals surface area contributed by atoms with Crippen molar-refractivity contribution >= 4 is 20.7 Å². The largest absolute Gasteiger partial charge is 0.431 e. The van der Waals surface area contributed by atoms with Gasteiger partial charge in [-0.1, -0.05) is 6.92 Å². The SMILES string of the molecule is CCC(N)[SiH3].CO[SiH3]. The Morgan fingerprint density at radius 2 is 1.88 bits per heavy atom. The first-order chi connectivity index (χ1) is 3.68. The second-order valence-electron chi connectivity index (χ2n) is 1.79. The van der Waals surface area contributed by atoms with Crippen molar-refractivity contribution in [2.24, 2.45) is 5.73 Å². The predicted molar refractivity (Wildman–Crippen MR) is 45.2 cm³/mol. The molecule has 1 atom stereocenters. The van der Waals surface area contributed by atoms with Crippen molar-refractivity contribution in [2.45, 2.75) is 19.0 Å². The molecule has 0 amide bonds. The molecule has 0 aliphatic rings. The van der Waals surface area contributed by atoms with Gasteiger partial charge in [0.1, 0.15) is 10.5 Å². The molecule has 0 heterocycles. The van der Waals surface area contributed by atoms with Crippen molar-refractivity contribution in [2.75, 3.05) is 7.11 Å². The van der Waals surface area contributed by atoms with Gasteiger partial charge in [0, 0.05) is 17.4 Å². The Hall–Kier alpha value is 0.354. The summed E-state index contributed by atoms with van der Waals surface area (Å²) in [5, 5.41) is 0. The summed E-state index contributed by atoms with van der Waals surface area (Å²) in [5.74, 6) is 0. The fourth-order valence-electron chi connectivity index (χ4n) is 0. The average molecular weight is 151 g/mol. The minimum absolute atomic E-state index is 0.523. The van der Waals surface area contributed by atoms with Crippen LogP contribution in [0.2, 0.25) is 0 Å². The maximum atomic E-state index is 5.35. The normalized spacial score (nSPS) is 12.4. The van der Waals surface area contributed by atoms with E-state index in [1.54, 1.807) is 7.11 Å². The standard InChI is InChI=1S/C3H11NSi.CH6OSi/c1-2-3(4)5;1-2-3/h3H,2,4H2,1,5H3;1,3H3. The van der Waals surface area contributed by atoms with Crippen LogP contribution in [-0.2, 0) is 4.43 Å². The monoisotopic (exact) mass is 151 g/mol. The molecule has 1 unspecified atom stereocenters. The van der Waals surface area contributed by atoms with Gasteiger partial charge < -0.3 is 10.2 Å². The minimum Gasteiger partial charge on any atom is -0.431 e. The van der Waals surface area contributed by atoms with Crippen molar-refractivity contribution in [3.05, 3.63) is 0 Å². The van der Waals surface area contributed by atoms with Crippen LogP contribution in [0, 0.1) is 0 Å². The highest BCUT2D eigenvalue weighted by molar-refractivity contribution is 6.11. The van der Waals surface area contributed by atoms with E-state index < -0.39 is 0 Å². The van der Waals surface area contributed by atoms with E-state index in [2.05, 4.69) is 11.3 Å². The molecule has 2 nitrogen and oxygen atoms in total. The number of rotatable bonds is 1. The first kappa shape index (κ1) is 11.2. The van der Waals surface area contributed by atoms with Gasteiger partial charge in [0.25, 0.3) is 0 Å². The molecule has 0 fully saturated rings. The summed E-state index contributed by atoms with van der Waals surface area (Å²) in [6, 6.07) is 0. The second-order valence-corrected chi connectivity index (χ2v) is 4.09. The summed E-state index contributed by atoms with van der Waals surface area (Å²) in [6.07, 6.45) is 1.15. The lowest BCUT2D eigenvalue weighted by atomic mass is 10.5. The Balaban J connectivity index is 0. The molecule has 0 spiro atoms. The maximum absolute atomic E-state index is 5.35. The highest BCUT2D eigenvalue weighted by Gasteiger charge is 1.79. The topological polar surface area (TPSA) is 35.2 Å². The Morgan fingerprint density at radius 3 is 1.88 bits per heavy atom. The highest BCUT2D eigenvalue weighted by atomic mass is 28.2. The molecular formula is C4H17NOSi2. The van der Waals surface area contributed by atoms with Crippen molar-refractivity contribution in [3.8, 4) is 0 Å². The Kier molecular flexibility index (Phi) is 14.5. The Morgan fingerprint density at radius 1 is 1.75 bits per heavy atom. The van der Waals surface area contributed by atoms with Gasteiger partial charge in [0.2, 0.25) is 0 Å². The summed E-state index contributed by atoms with van der Waals surface area (Å²) < 4.78 is 4.39. The van der Waals surface area contributed by atoms with Gasteiger partial charge in [-0.05, 0) is 12.1 Å². The van der Waals surface area contributed by atoms with Gasteiger partial charge in [-0.15, -0.1) is 0 Å². The number of hydrogen-bond donors (Lipinski definition) is 1. The lowest BCUT2D eigenvalue weighted by molar-refractivity contribution is 0.460. The van der Waals surface area contributed by atoms with E-state index >= 15 is 0 Å². The molecule has 0 rings (SSSR count). The molecule has 52 valence electrons. The van der Waals surface area contributed by atoms with Gasteiger partial charge >= 0.3 is 0 Å². The lowest BCUT2D eigenvalue weighted by Gasteiger charge is -1.91. The molecule has 0 saturated carbocycles. The second kappa shape index (κ2) is 10.4. The van der Waals surface area contributed by atoms with E-state index in [9.17, 15) is 0 Å². The molecule has 0 aromatic heterocycles. The summed E-state index contributed by atoms with van der Waals surface area (Å²) in [4.78, 5) is 0. The highest BCUT2D eigenvalue weighted by Crippen LogP contribution is 1.71. The van der Waals surface area contributed by atoms with E-state index in [1.807, 2.05) is 0 Å². The van der Waals surface area contributed by atoms with Crippen molar-refractivity contribution in [1.82, 2.24) is 0 Å². The van der Waals surface area contributed by atoms with Crippen LogP contribution in [0.5, 0.6) is 0 Å². The molecule has 0 aromatic rings. The summed E-state index contributed by atoms with van der Waals surface area (Å²) in [6.45, 7) is 2.11. The minimum atomic E-state index is 0.523. The van der Waals surface area contributed by atoms with Gasteiger partial charge in [-0.25, -0.2) is 0 Å². The molecule has 0 aliphatic carbocycles. The molecule has 0 aliphatic heterocycles. The van der Waals surface area contributed by atoms with Crippen LogP contribution in [0.3, 0.4) is 0 Å². The van der Waals surface area contributed by atoms with Crippen LogP contribution in [0.4, 0.5) is 0 Å². The Bertz CT molecular complexity index is 35.2. The molecule has 0 bridgehead atoms. The molecule has 0 radical (unpaired) electrons. The third-order valence-corrected chi connectivity index (χ3v) is 1.46. The third-order valence-electron chi connectivity index (χ3n) is 0.644. The fraction of sp³-hybridized carbons (Fsp3) is 1.00. The summed E-state index contributed by atoms with van der Waals surface area (Å²) in [7, 11) is 3.70. The van der Waals surface area contributed by atoms with Crippen molar-refractivity contribution < 1.29 is 4.43 Å². The average Bonchev–Trinajstić information content (AvgIpc) is 1.69. The smallest absolute Gasteiger partial charge is 0.145 e.